The first-order valence-electron chi connectivity index (χ1n) is 11.9. The maximum Gasteiger partial charge on any atom is 0.430 e. The molecular formula is C25H25F3N4O8. The van der Waals surface area contributed by atoms with Gasteiger partial charge in [-0.1, -0.05) is 12.7 Å². The summed E-state index contributed by atoms with van der Waals surface area (Å²) in [6.07, 6.45) is -2.42. The van der Waals surface area contributed by atoms with E-state index in [-0.39, 0.29) is 31.0 Å². The molecule has 214 valence electrons. The first-order valence-corrected chi connectivity index (χ1v) is 11.9. The topological polar surface area (TPSA) is 163 Å². The van der Waals surface area contributed by atoms with Crippen LogP contribution in [0.25, 0.3) is 5.70 Å². The summed E-state index contributed by atoms with van der Waals surface area (Å²) in [5.41, 5.74) is 2.72. The number of nitro groups is 1. The zero-order valence-corrected chi connectivity index (χ0v) is 21.4. The van der Waals surface area contributed by atoms with Gasteiger partial charge in [0.1, 0.15) is 41.5 Å². The van der Waals surface area contributed by atoms with Gasteiger partial charge in [0.2, 0.25) is 0 Å². The highest BCUT2D eigenvalue weighted by Gasteiger charge is 2.51. The van der Waals surface area contributed by atoms with Gasteiger partial charge in [-0.15, -0.1) is 0 Å². The summed E-state index contributed by atoms with van der Waals surface area (Å²) in [5.74, 6) is -3.26. The molecule has 0 spiro atoms. The van der Waals surface area contributed by atoms with Crippen molar-refractivity contribution >= 4 is 35.3 Å². The molecule has 3 aliphatic rings. The number of carbonyl (C=O) groups is 3. The number of hydrogen-bond donors (Lipinski definition) is 2. The van der Waals surface area contributed by atoms with E-state index in [1.165, 1.54) is 18.2 Å². The maximum absolute atomic E-state index is 13.0. The molecule has 1 fully saturated rings. The third-order valence-corrected chi connectivity index (χ3v) is 6.18. The van der Waals surface area contributed by atoms with Crippen LogP contribution >= 0.6 is 0 Å². The number of nitro benzene ring substituents is 1. The number of carbonyl (C=O) groups excluding carboxylic acids is 3. The summed E-state index contributed by atoms with van der Waals surface area (Å²) in [6.45, 7) is 7.44. The van der Waals surface area contributed by atoms with Gasteiger partial charge in [-0.25, -0.2) is 24.8 Å². The Bertz CT molecular complexity index is 1330. The Balaban J connectivity index is 0.000000559. The van der Waals surface area contributed by atoms with Crippen molar-refractivity contribution in [1.29, 1.82) is 0 Å². The Morgan fingerprint density at radius 2 is 1.65 bits per heavy atom. The van der Waals surface area contributed by atoms with E-state index in [4.69, 9.17) is 19.4 Å². The molecule has 0 saturated carbocycles. The summed E-state index contributed by atoms with van der Waals surface area (Å²) in [7, 11) is 0. The number of allylic oxidation sites excluding steroid dienone is 1. The molecule has 3 aliphatic heterocycles. The van der Waals surface area contributed by atoms with Gasteiger partial charge < -0.3 is 19.4 Å². The molecule has 2 N–H and O–H groups in total. The number of ether oxygens (including phenoxy) is 2. The Morgan fingerprint density at radius 3 is 2.15 bits per heavy atom. The number of nitrogens with one attached hydrogen (secondary N) is 2. The van der Waals surface area contributed by atoms with Crippen LogP contribution in [0.1, 0.15) is 32.3 Å². The van der Waals surface area contributed by atoms with Crippen LogP contribution in [0.2, 0.25) is 0 Å². The minimum absolute atomic E-state index is 0.0414. The van der Waals surface area contributed by atoms with Crippen LogP contribution in [0, 0.1) is 10.1 Å². The number of hydrogen-bond acceptors (Lipinski definition) is 10. The van der Waals surface area contributed by atoms with Crippen LogP contribution < -0.4 is 15.7 Å². The monoisotopic (exact) mass is 566 g/mol. The number of carboxylic acid groups (broad SMARTS) is 1. The number of halogens is 3. The standard InChI is InChI=1S/C23H24N4O6.C2HF3O2/c1-4-12-33-21(28)18-13(3)24-23-25-20(14-6-8-15(9-7-14)27(30)31)19(22(29)32-5-2)17-11-10-16(18)26(17)23;3-2(4,5)1(6)7/h4,6-9,16-17H,1,5,10-12H2,2-3H3,(H,24,25,28,29);(H,6,7)/t16-,17+;/m0./s1. The van der Waals surface area contributed by atoms with Gasteiger partial charge >= 0.3 is 24.1 Å². The van der Waals surface area contributed by atoms with Gasteiger partial charge in [0.15, 0.2) is 0 Å². The molecule has 1 saturated heterocycles. The van der Waals surface area contributed by atoms with Crippen molar-refractivity contribution < 1.29 is 51.6 Å². The molecular weight excluding hydrogens is 541 g/mol. The van der Waals surface area contributed by atoms with Gasteiger partial charge in [-0.3, -0.25) is 10.1 Å². The Hall–Kier alpha value is -4.69. The van der Waals surface area contributed by atoms with Gasteiger partial charge in [0.05, 0.1) is 17.2 Å². The molecule has 40 heavy (non-hydrogen) atoms. The second-order valence-electron chi connectivity index (χ2n) is 8.64. The van der Waals surface area contributed by atoms with Gasteiger partial charge in [0.25, 0.3) is 5.69 Å². The van der Waals surface area contributed by atoms with Crippen LogP contribution in [-0.4, -0.2) is 64.8 Å². The van der Waals surface area contributed by atoms with Gasteiger partial charge in [0, 0.05) is 17.7 Å². The van der Waals surface area contributed by atoms with E-state index in [0.717, 1.165) is 0 Å². The molecule has 2 atom stereocenters. The summed E-state index contributed by atoms with van der Waals surface area (Å²) in [5, 5.41) is 26.4. The summed E-state index contributed by atoms with van der Waals surface area (Å²) >= 11 is 0. The summed E-state index contributed by atoms with van der Waals surface area (Å²) in [4.78, 5) is 45.2. The van der Waals surface area contributed by atoms with E-state index in [1.54, 1.807) is 26.0 Å². The summed E-state index contributed by atoms with van der Waals surface area (Å²) < 4.78 is 44.2. The first kappa shape index (κ1) is 29.9. The number of carboxylic acids is 1. The molecule has 15 heteroatoms. The number of esters is 2. The molecule has 1 aromatic rings. The lowest BCUT2D eigenvalue weighted by Gasteiger charge is -2.32. The van der Waals surface area contributed by atoms with Crippen molar-refractivity contribution in [3.8, 4) is 0 Å². The van der Waals surface area contributed by atoms with Crippen LogP contribution in [0.4, 0.5) is 18.9 Å². The number of nitrogens with zero attached hydrogens (tertiary/aromatic N) is 2. The Kier molecular flexibility index (Phi) is 8.96. The predicted molar refractivity (Wildman–Crippen MR) is 130 cm³/mol. The average molecular weight is 566 g/mol. The largest absolute Gasteiger partial charge is 0.542 e. The highest BCUT2D eigenvalue weighted by molar-refractivity contribution is 6.04. The molecule has 0 radical (unpaired) electrons. The van der Waals surface area contributed by atoms with E-state index < -0.39 is 29.0 Å². The third kappa shape index (κ3) is 6.13. The second-order valence-corrected chi connectivity index (χ2v) is 8.64. The molecule has 0 aliphatic carbocycles. The molecule has 0 unspecified atom stereocenters. The van der Waals surface area contributed by atoms with E-state index >= 15 is 0 Å². The zero-order chi connectivity index (χ0) is 29.8. The molecule has 0 amide bonds. The van der Waals surface area contributed by atoms with Crippen molar-refractivity contribution in [2.75, 3.05) is 13.2 Å². The minimum atomic E-state index is -5.19. The van der Waals surface area contributed by atoms with Crippen molar-refractivity contribution in [1.82, 2.24) is 10.6 Å². The average Bonchev–Trinajstić information content (AvgIpc) is 3.32. The molecule has 1 aromatic carbocycles. The Labute approximate surface area is 225 Å². The SMILES string of the molecule is C=CCOC(=O)C1=C(C)NC2=[N+]3[C@H](CC[C@@H]13)C(C(=O)OCC)=C(c1ccc([N+](=O)[O-])cc1)N2.O=C([O-])C(F)(F)F. The number of guanidine groups is 1. The number of benzene rings is 1. The second kappa shape index (κ2) is 12.0. The number of alkyl halides is 3. The van der Waals surface area contributed by atoms with Crippen molar-refractivity contribution in [2.24, 2.45) is 0 Å². The van der Waals surface area contributed by atoms with Gasteiger partial charge in [-0.05, 0) is 38.8 Å². The minimum Gasteiger partial charge on any atom is -0.542 e. The fraction of sp³-hybridized carbons (Fsp3) is 0.360. The molecule has 0 bridgehead atoms. The normalized spacial score (nSPS) is 19.4. The lowest BCUT2D eigenvalue weighted by atomic mass is 9.97. The fourth-order valence-electron chi connectivity index (χ4n) is 4.62. The molecule has 4 rings (SSSR count). The molecule has 3 heterocycles. The Morgan fingerprint density at radius 1 is 1.10 bits per heavy atom. The molecule has 0 aromatic heterocycles. The fourth-order valence-corrected chi connectivity index (χ4v) is 4.62. The van der Waals surface area contributed by atoms with E-state index in [2.05, 4.69) is 17.2 Å². The number of rotatable bonds is 7. The zero-order valence-electron chi connectivity index (χ0n) is 21.4. The van der Waals surface area contributed by atoms with Crippen LogP contribution in [0.15, 0.2) is 53.8 Å². The van der Waals surface area contributed by atoms with E-state index in [0.29, 0.717) is 46.9 Å². The van der Waals surface area contributed by atoms with E-state index in [9.17, 15) is 32.9 Å². The number of aliphatic carboxylic acids is 1. The van der Waals surface area contributed by atoms with Crippen molar-refractivity contribution in [2.45, 2.75) is 44.9 Å². The quantitative estimate of drug-likeness (QED) is 0.162. The van der Waals surface area contributed by atoms with Crippen LogP contribution in [-0.2, 0) is 23.9 Å². The smallest absolute Gasteiger partial charge is 0.430 e. The maximum atomic E-state index is 13.0. The summed E-state index contributed by atoms with van der Waals surface area (Å²) in [6, 6.07) is 5.40. The molecule has 12 nitrogen and oxygen atoms in total. The van der Waals surface area contributed by atoms with E-state index in [1.807, 2.05) is 4.58 Å². The van der Waals surface area contributed by atoms with Crippen LogP contribution in [0.5, 0.6) is 0 Å². The van der Waals surface area contributed by atoms with Crippen molar-refractivity contribution in [3.05, 3.63) is 69.4 Å². The lowest BCUT2D eigenvalue weighted by Crippen LogP contribution is -2.56. The predicted octanol–water partition coefficient (Wildman–Crippen LogP) is 1.28. The van der Waals surface area contributed by atoms with Crippen LogP contribution in [0.3, 0.4) is 0 Å². The highest BCUT2D eigenvalue weighted by atomic mass is 19.4. The van der Waals surface area contributed by atoms with Gasteiger partial charge in [-0.2, -0.15) is 13.2 Å². The lowest BCUT2D eigenvalue weighted by molar-refractivity contribution is -0.566. The number of non-ortho nitro benzene ring substituents is 1. The highest BCUT2D eigenvalue weighted by Crippen LogP contribution is 2.38. The first-order chi connectivity index (χ1) is 18.8. The van der Waals surface area contributed by atoms with Crippen molar-refractivity contribution in [3.63, 3.8) is 0 Å². The third-order valence-electron chi connectivity index (χ3n) is 6.18.